The fourth-order valence-corrected chi connectivity index (χ4v) is 2.78. The molecule has 1 aliphatic rings. The van der Waals surface area contributed by atoms with Gasteiger partial charge in [0.15, 0.2) is 0 Å². The Labute approximate surface area is 128 Å². The van der Waals surface area contributed by atoms with Crippen LogP contribution in [0.25, 0.3) is 0 Å². The molecular weight excluding hydrogens is 262 g/mol. The fraction of sp³-hybridized carbons (Fsp3) is 0.588. The van der Waals surface area contributed by atoms with Gasteiger partial charge in [-0.25, -0.2) is 4.79 Å². The van der Waals surface area contributed by atoms with Crippen LogP contribution < -0.4 is 5.32 Å². The zero-order chi connectivity index (χ0) is 15.2. The monoisotopic (exact) mass is 289 g/mol. The van der Waals surface area contributed by atoms with Crippen molar-refractivity contribution in [2.75, 3.05) is 20.1 Å². The molecular formula is C17H27N3O. The van der Waals surface area contributed by atoms with Crippen LogP contribution in [0.5, 0.6) is 0 Å². The number of nitrogens with one attached hydrogen (secondary N) is 1. The molecule has 1 heterocycles. The van der Waals surface area contributed by atoms with Crippen LogP contribution in [-0.2, 0) is 6.54 Å². The lowest BCUT2D eigenvalue weighted by molar-refractivity contribution is 0.126. The van der Waals surface area contributed by atoms with Crippen LogP contribution in [0.4, 0.5) is 4.79 Å². The minimum atomic E-state index is 0.0587. The van der Waals surface area contributed by atoms with Gasteiger partial charge >= 0.3 is 6.03 Å². The molecule has 2 amide bonds. The Kier molecular flexibility index (Phi) is 5.62. The van der Waals surface area contributed by atoms with E-state index >= 15 is 0 Å². The van der Waals surface area contributed by atoms with Crippen LogP contribution in [-0.4, -0.2) is 48.1 Å². The molecule has 116 valence electrons. The van der Waals surface area contributed by atoms with Crippen molar-refractivity contribution >= 4 is 6.03 Å². The molecule has 0 saturated carbocycles. The number of piperidine rings is 1. The van der Waals surface area contributed by atoms with Crippen LogP contribution in [0.15, 0.2) is 30.3 Å². The number of nitrogens with zero attached hydrogens (tertiary/aromatic N) is 2. The van der Waals surface area contributed by atoms with Crippen LogP contribution in [0.3, 0.4) is 0 Å². The lowest BCUT2D eigenvalue weighted by Gasteiger charge is -2.37. The van der Waals surface area contributed by atoms with Crippen LogP contribution in [0.1, 0.15) is 32.3 Å². The van der Waals surface area contributed by atoms with Gasteiger partial charge < -0.3 is 15.1 Å². The predicted molar refractivity (Wildman–Crippen MR) is 86.2 cm³/mol. The molecule has 1 aliphatic heterocycles. The SMILES string of the molecule is CC(C)NC(=O)N(Cc1ccccc1)C1CCN(C)CC1. The number of urea groups is 1. The fourth-order valence-electron chi connectivity index (χ4n) is 2.78. The van der Waals surface area contributed by atoms with Gasteiger partial charge in [-0.15, -0.1) is 0 Å². The van der Waals surface area contributed by atoms with E-state index < -0.39 is 0 Å². The van der Waals surface area contributed by atoms with Crippen LogP contribution >= 0.6 is 0 Å². The number of rotatable bonds is 4. The van der Waals surface area contributed by atoms with Crippen molar-refractivity contribution in [1.82, 2.24) is 15.1 Å². The topological polar surface area (TPSA) is 35.6 Å². The molecule has 2 rings (SSSR count). The minimum Gasteiger partial charge on any atom is -0.336 e. The Bertz CT molecular complexity index is 439. The first kappa shape index (κ1) is 15.8. The Hall–Kier alpha value is -1.55. The molecule has 0 radical (unpaired) electrons. The number of hydrogen-bond donors (Lipinski definition) is 1. The highest BCUT2D eigenvalue weighted by molar-refractivity contribution is 5.74. The first-order valence-corrected chi connectivity index (χ1v) is 7.86. The van der Waals surface area contributed by atoms with E-state index in [0.29, 0.717) is 12.6 Å². The molecule has 4 heteroatoms. The summed E-state index contributed by atoms with van der Waals surface area (Å²) in [6.07, 6.45) is 2.10. The summed E-state index contributed by atoms with van der Waals surface area (Å²) in [5, 5.41) is 3.04. The Morgan fingerprint density at radius 1 is 1.29 bits per heavy atom. The van der Waals surface area contributed by atoms with Crippen molar-refractivity contribution < 1.29 is 4.79 Å². The van der Waals surface area contributed by atoms with E-state index in [1.807, 2.05) is 36.9 Å². The first-order valence-electron chi connectivity index (χ1n) is 7.86. The summed E-state index contributed by atoms with van der Waals surface area (Å²) in [6.45, 7) is 6.82. The molecule has 1 aromatic carbocycles. The third-order valence-corrected chi connectivity index (χ3v) is 4.00. The summed E-state index contributed by atoms with van der Waals surface area (Å²) in [4.78, 5) is 16.9. The predicted octanol–water partition coefficient (Wildman–Crippen LogP) is 2.70. The molecule has 1 fully saturated rings. The zero-order valence-electron chi connectivity index (χ0n) is 13.4. The van der Waals surface area contributed by atoms with E-state index in [-0.39, 0.29) is 12.1 Å². The molecule has 0 spiro atoms. The van der Waals surface area contributed by atoms with Crippen LogP contribution in [0.2, 0.25) is 0 Å². The van der Waals surface area contributed by atoms with Crippen molar-refractivity contribution in [2.45, 2.75) is 45.3 Å². The molecule has 1 aromatic rings. The molecule has 0 unspecified atom stereocenters. The first-order chi connectivity index (χ1) is 10.1. The van der Waals surface area contributed by atoms with E-state index in [0.717, 1.165) is 25.9 Å². The Morgan fingerprint density at radius 3 is 2.48 bits per heavy atom. The maximum absolute atomic E-state index is 12.5. The van der Waals surface area contributed by atoms with E-state index in [9.17, 15) is 4.79 Å². The second-order valence-electron chi connectivity index (χ2n) is 6.25. The lowest BCUT2D eigenvalue weighted by atomic mass is 10.0. The van der Waals surface area contributed by atoms with Crippen molar-refractivity contribution in [1.29, 1.82) is 0 Å². The van der Waals surface area contributed by atoms with Gasteiger partial charge in [0.05, 0.1) is 0 Å². The summed E-state index contributed by atoms with van der Waals surface area (Å²) in [7, 11) is 2.14. The number of hydrogen-bond acceptors (Lipinski definition) is 2. The number of carbonyl (C=O) groups excluding carboxylic acids is 1. The highest BCUT2D eigenvalue weighted by Gasteiger charge is 2.27. The highest BCUT2D eigenvalue weighted by atomic mass is 16.2. The van der Waals surface area contributed by atoms with Crippen molar-refractivity contribution in [3.8, 4) is 0 Å². The molecule has 0 bridgehead atoms. The maximum Gasteiger partial charge on any atom is 0.318 e. The van der Waals surface area contributed by atoms with E-state index in [4.69, 9.17) is 0 Å². The summed E-state index contributed by atoms with van der Waals surface area (Å²) < 4.78 is 0. The maximum atomic E-state index is 12.5. The van der Waals surface area contributed by atoms with Gasteiger partial charge in [-0.1, -0.05) is 30.3 Å². The number of benzene rings is 1. The normalized spacial score (nSPS) is 17.0. The van der Waals surface area contributed by atoms with E-state index in [1.165, 1.54) is 5.56 Å². The van der Waals surface area contributed by atoms with Gasteiger partial charge in [0.1, 0.15) is 0 Å². The molecule has 0 aromatic heterocycles. The van der Waals surface area contributed by atoms with Crippen LogP contribution in [0, 0.1) is 0 Å². The van der Waals surface area contributed by atoms with Gasteiger partial charge in [-0.3, -0.25) is 0 Å². The molecule has 0 atom stereocenters. The number of carbonyl (C=O) groups is 1. The smallest absolute Gasteiger partial charge is 0.318 e. The number of amides is 2. The molecule has 4 nitrogen and oxygen atoms in total. The summed E-state index contributed by atoms with van der Waals surface area (Å²) >= 11 is 0. The summed E-state index contributed by atoms with van der Waals surface area (Å²) in [6, 6.07) is 10.8. The highest BCUT2D eigenvalue weighted by Crippen LogP contribution is 2.18. The molecule has 1 N–H and O–H groups in total. The van der Waals surface area contributed by atoms with Crippen molar-refractivity contribution in [2.24, 2.45) is 0 Å². The van der Waals surface area contributed by atoms with Gasteiger partial charge in [-0.2, -0.15) is 0 Å². The molecule has 0 aliphatic carbocycles. The Morgan fingerprint density at radius 2 is 1.90 bits per heavy atom. The van der Waals surface area contributed by atoms with Gasteiger partial charge in [-0.05, 0) is 52.4 Å². The van der Waals surface area contributed by atoms with Gasteiger partial charge in [0, 0.05) is 18.6 Å². The van der Waals surface area contributed by atoms with Gasteiger partial charge in [0.2, 0.25) is 0 Å². The largest absolute Gasteiger partial charge is 0.336 e. The average Bonchev–Trinajstić information content (AvgIpc) is 2.46. The second kappa shape index (κ2) is 7.46. The second-order valence-corrected chi connectivity index (χ2v) is 6.25. The minimum absolute atomic E-state index is 0.0587. The van der Waals surface area contributed by atoms with Crippen molar-refractivity contribution in [3.05, 3.63) is 35.9 Å². The average molecular weight is 289 g/mol. The summed E-state index contributed by atoms with van der Waals surface area (Å²) in [5.41, 5.74) is 1.19. The number of likely N-dealkylation sites (tertiary alicyclic amines) is 1. The lowest BCUT2D eigenvalue weighted by Crippen LogP contribution is -2.51. The van der Waals surface area contributed by atoms with Crippen molar-refractivity contribution in [3.63, 3.8) is 0 Å². The van der Waals surface area contributed by atoms with Gasteiger partial charge in [0.25, 0.3) is 0 Å². The Balaban J connectivity index is 2.08. The van der Waals surface area contributed by atoms with E-state index in [1.54, 1.807) is 0 Å². The zero-order valence-corrected chi connectivity index (χ0v) is 13.4. The third kappa shape index (κ3) is 4.74. The standard InChI is InChI=1S/C17H27N3O/c1-14(2)18-17(21)20(13-15-7-5-4-6-8-15)16-9-11-19(3)12-10-16/h4-8,14,16H,9-13H2,1-3H3,(H,18,21). The summed E-state index contributed by atoms with van der Waals surface area (Å²) in [5.74, 6) is 0. The quantitative estimate of drug-likeness (QED) is 0.925. The molecule has 1 saturated heterocycles. The van der Waals surface area contributed by atoms with E-state index in [2.05, 4.69) is 29.4 Å². The third-order valence-electron chi connectivity index (χ3n) is 4.00. The molecule has 21 heavy (non-hydrogen) atoms.